The monoisotopic (exact) mass is 288 g/mol. The van der Waals surface area contributed by atoms with E-state index in [1.165, 1.54) is 33.9 Å². The summed E-state index contributed by atoms with van der Waals surface area (Å²) in [7, 11) is 1.73. The molecular formula is C16H20N2OS. The first-order chi connectivity index (χ1) is 9.76. The van der Waals surface area contributed by atoms with Crippen molar-refractivity contribution in [1.29, 1.82) is 0 Å². The molecule has 0 saturated heterocycles. The standard InChI is InChI=1S/C16H20N2OS/c1-11-9-18-16(20-11)10-17-15-5-3-4-12-8-13(19-2)6-7-14(12)15/h6-9,15,17H,3-5,10H2,1-2H3. The van der Waals surface area contributed by atoms with E-state index in [1.807, 2.05) is 6.20 Å². The third-order valence-corrected chi connectivity index (χ3v) is 4.75. The number of benzene rings is 1. The zero-order valence-electron chi connectivity index (χ0n) is 12.0. The molecule has 20 heavy (non-hydrogen) atoms. The first kappa shape index (κ1) is 13.6. The van der Waals surface area contributed by atoms with Crippen molar-refractivity contribution in [3.63, 3.8) is 0 Å². The van der Waals surface area contributed by atoms with Crippen LogP contribution in [0.2, 0.25) is 0 Å². The maximum absolute atomic E-state index is 5.32. The van der Waals surface area contributed by atoms with Gasteiger partial charge in [0.05, 0.1) is 7.11 Å². The summed E-state index contributed by atoms with van der Waals surface area (Å²) in [6.07, 6.45) is 5.53. The van der Waals surface area contributed by atoms with Crippen molar-refractivity contribution in [2.24, 2.45) is 0 Å². The highest BCUT2D eigenvalue weighted by Crippen LogP contribution is 2.32. The van der Waals surface area contributed by atoms with Crippen LogP contribution in [0.25, 0.3) is 0 Å². The minimum absolute atomic E-state index is 0.439. The van der Waals surface area contributed by atoms with Crippen molar-refractivity contribution >= 4 is 11.3 Å². The van der Waals surface area contributed by atoms with E-state index >= 15 is 0 Å². The Kier molecular flexibility index (Phi) is 4.03. The molecule has 2 aromatic rings. The van der Waals surface area contributed by atoms with E-state index in [1.54, 1.807) is 18.4 Å². The van der Waals surface area contributed by atoms with Crippen LogP contribution < -0.4 is 10.1 Å². The van der Waals surface area contributed by atoms with Crippen LogP contribution in [-0.2, 0) is 13.0 Å². The van der Waals surface area contributed by atoms with Crippen LogP contribution in [-0.4, -0.2) is 12.1 Å². The number of aromatic nitrogens is 1. The van der Waals surface area contributed by atoms with Crippen molar-refractivity contribution < 1.29 is 4.74 Å². The highest BCUT2D eigenvalue weighted by molar-refractivity contribution is 7.11. The molecule has 1 atom stereocenters. The SMILES string of the molecule is COc1ccc2c(c1)CCCC2NCc1ncc(C)s1. The minimum atomic E-state index is 0.439. The van der Waals surface area contributed by atoms with Gasteiger partial charge < -0.3 is 10.1 Å². The van der Waals surface area contributed by atoms with E-state index in [0.717, 1.165) is 18.7 Å². The van der Waals surface area contributed by atoms with Gasteiger partial charge in [-0.25, -0.2) is 4.98 Å². The fourth-order valence-corrected chi connectivity index (χ4v) is 3.56. The Morgan fingerprint density at radius 3 is 3.10 bits per heavy atom. The Labute approximate surface area is 124 Å². The van der Waals surface area contributed by atoms with E-state index in [-0.39, 0.29) is 0 Å². The summed E-state index contributed by atoms with van der Waals surface area (Å²) in [5, 5.41) is 4.82. The molecular weight excluding hydrogens is 268 g/mol. The average Bonchev–Trinajstić information content (AvgIpc) is 2.90. The number of rotatable bonds is 4. The number of hydrogen-bond acceptors (Lipinski definition) is 4. The fraction of sp³-hybridized carbons (Fsp3) is 0.438. The van der Waals surface area contributed by atoms with Gasteiger partial charge in [-0.1, -0.05) is 6.07 Å². The van der Waals surface area contributed by atoms with Gasteiger partial charge in [-0.3, -0.25) is 0 Å². The van der Waals surface area contributed by atoms with Crippen molar-refractivity contribution in [1.82, 2.24) is 10.3 Å². The molecule has 1 aliphatic rings. The number of nitrogens with one attached hydrogen (secondary N) is 1. The third-order valence-electron chi connectivity index (χ3n) is 3.83. The summed E-state index contributed by atoms with van der Waals surface area (Å²) in [6, 6.07) is 6.88. The van der Waals surface area contributed by atoms with E-state index in [2.05, 4.69) is 35.4 Å². The van der Waals surface area contributed by atoms with E-state index in [9.17, 15) is 0 Å². The van der Waals surface area contributed by atoms with Gasteiger partial charge in [0, 0.05) is 23.7 Å². The van der Waals surface area contributed by atoms with Gasteiger partial charge >= 0.3 is 0 Å². The Balaban J connectivity index is 1.73. The summed E-state index contributed by atoms with van der Waals surface area (Å²) in [5.41, 5.74) is 2.84. The molecule has 1 N–H and O–H groups in total. The van der Waals surface area contributed by atoms with Crippen LogP contribution in [0.1, 0.15) is 39.9 Å². The summed E-state index contributed by atoms with van der Waals surface area (Å²) >= 11 is 1.77. The van der Waals surface area contributed by atoms with Crippen LogP contribution in [0.3, 0.4) is 0 Å². The molecule has 0 bridgehead atoms. The molecule has 0 radical (unpaired) electrons. The molecule has 1 aliphatic carbocycles. The van der Waals surface area contributed by atoms with E-state index < -0.39 is 0 Å². The van der Waals surface area contributed by atoms with Gasteiger partial charge in [-0.2, -0.15) is 0 Å². The van der Waals surface area contributed by atoms with Gasteiger partial charge in [0.15, 0.2) is 0 Å². The van der Waals surface area contributed by atoms with Gasteiger partial charge in [-0.05, 0) is 49.4 Å². The van der Waals surface area contributed by atoms with E-state index in [0.29, 0.717) is 6.04 Å². The Morgan fingerprint density at radius 1 is 1.45 bits per heavy atom. The summed E-state index contributed by atoms with van der Waals surface area (Å²) in [4.78, 5) is 5.69. The molecule has 1 aromatic heterocycles. The van der Waals surface area contributed by atoms with E-state index in [4.69, 9.17) is 4.74 Å². The van der Waals surface area contributed by atoms with Crippen LogP contribution in [0.15, 0.2) is 24.4 Å². The number of thiazole rings is 1. The number of fused-ring (bicyclic) bond motifs is 1. The largest absolute Gasteiger partial charge is 0.497 e. The normalized spacial score (nSPS) is 17.8. The van der Waals surface area contributed by atoms with Crippen LogP contribution in [0, 0.1) is 6.92 Å². The fourth-order valence-electron chi connectivity index (χ4n) is 2.82. The molecule has 0 saturated carbocycles. The second-order valence-electron chi connectivity index (χ2n) is 5.26. The molecule has 1 unspecified atom stereocenters. The lowest BCUT2D eigenvalue weighted by molar-refractivity contribution is 0.410. The lowest BCUT2D eigenvalue weighted by Gasteiger charge is -2.26. The maximum Gasteiger partial charge on any atom is 0.119 e. The molecule has 106 valence electrons. The summed E-state index contributed by atoms with van der Waals surface area (Å²) in [6.45, 7) is 2.96. The van der Waals surface area contributed by atoms with Crippen molar-refractivity contribution in [2.75, 3.05) is 7.11 Å². The number of nitrogens with zero attached hydrogens (tertiary/aromatic N) is 1. The minimum Gasteiger partial charge on any atom is -0.497 e. The lowest BCUT2D eigenvalue weighted by atomic mass is 9.87. The molecule has 0 spiro atoms. The molecule has 1 aromatic carbocycles. The summed E-state index contributed by atoms with van der Waals surface area (Å²) < 4.78 is 5.32. The molecule has 4 heteroatoms. The molecule has 0 aliphatic heterocycles. The van der Waals surface area contributed by atoms with Crippen LogP contribution in [0.4, 0.5) is 0 Å². The lowest BCUT2D eigenvalue weighted by Crippen LogP contribution is -2.24. The number of ether oxygens (including phenoxy) is 1. The first-order valence-electron chi connectivity index (χ1n) is 7.08. The van der Waals surface area contributed by atoms with Crippen molar-refractivity contribution in [3.05, 3.63) is 45.4 Å². The smallest absolute Gasteiger partial charge is 0.119 e. The molecule has 0 amide bonds. The molecule has 1 heterocycles. The number of hydrogen-bond donors (Lipinski definition) is 1. The van der Waals surface area contributed by atoms with Crippen LogP contribution in [0.5, 0.6) is 5.75 Å². The quantitative estimate of drug-likeness (QED) is 0.933. The topological polar surface area (TPSA) is 34.1 Å². The number of aryl methyl sites for hydroxylation is 2. The zero-order chi connectivity index (χ0) is 13.9. The second-order valence-corrected chi connectivity index (χ2v) is 6.57. The van der Waals surface area contributed by atoms with Gasteiger partial charge in [0.1, 0.15) is 10.8 Å². The third kappa shape index (κ3) is 2.86. The zero-order valence-corrected chi connectivity index (χ0v) is 12.8. The van der Waals surface area contributed by atoms with Gasteiger partial charge in [0.2, 0.25) is 0 Å². The van der Waals surface area contributed by atoms with Gasteiger partial charge in [-0.15, -0.1) is 11.3 Å². The summed E-state index contributed by atoms with van der Waals surface area (Å²) in [5.74, 6) is 0.958. The van der Waals surface area contributed by atoms with Crippen LogP contribution >= 0.6 is 11.3 Å². The van der Waals surface area contributed by atoms with Crippen molar-refractivity contribution in [3.8, 4) is 5.75 Å². The Bertz CT molecular complexity index is 594. The van der Waals surface area contributed by atoms with Crippen molar-refractivity contribution in [2.45, 2.75) is 38.8 Å². The second kappa shape index (κ2) is 5.94. The Morgan fingerprint density at radius 2 is 2.35 bits per heavy atom. The maximum atomic E-state index is 5.32. The molecule has 3 nitrogen and oxygen atoms in total. The predicted octanol–water partition coefficient (Wildman–Crippen LogP) is 3.63. The Hall–Kier alpha value is -1.39. The number of methoxy groups -OCH3 is 1. The average molecular weight is 288 g/mol. The molecule has 3 rings (SSSR count). The molecule has 0 fully saturated rings. The van der Waals surface area contributed by atoms with Gasteiger partial charge in [0.25, 0.3) is 0 Å². The highest BCUT2D eigenvalue weighted by atomic mass is 32.1. The highest BCUT2D eigenvalue weighted by Gasteiger charge is 2.20. The first-order valence-corrected chi connectivity index (χ1v) is 7.89. The predicted molar refractivity (Wildman–Crippen MR) is 82.4 cm³/mol.